The van der Waals surface area contributed by atoms with Gasteiger partial charge in [0.05, 0.1) is 0 Å². The number of alkyl carbamates (subject to hydrolysis) is 1. The highest BCUT2D eigenvalue weighted by Gasteiger charge is 2.10. The summed E-state index contributed by atoms with van der Waals surface area (Å²) >= 11 is 0. The van der Waals surface area contributed by atoms with E-state index in [4.69, 9.17) is 4.74 Å². The summed E-state index contributed by atoms with van der Waals surface area (Å²) in [7, 11) is 0. The smallest absolute Gasteiger partial charge is 0.408 e. The third-order valence-corrected chi connectivity index (χ3v) is 2.39. The Morgan fingerprint density at radius 3 is 2.87 bits per heavy atom. The number of piperazine rings is 1. The minimum Gasteiger partial charge on any atom is -0.433 e. The Balaban J connectivity index is 2.00. The summed E-state index contributed by atoms with van der Waals surface area (Å²) in [4.78, 5) is 13.3. The zero-order valence-corrected chi connectivity index (χ0v) is 9.42. The molecule has 0 spiro atoms. The summed E-state index contributed by atoms with van der Waals surface area (Å²) in [5, 5.41) is 5.97. The standard InChI is InChI=1S/C10H21N3O2/c1-2-3-4-12-10(14)15-9-13-7-5-11-6-8-13/h11H,2-9H2,1H3,(H,12,14). The van der Waals surface area contributed by atoms with Crippen molar-refractivity contribution in [1.82, 2.24) is 15.5 Å². The minimum atomic E-state index is -0.304. The van der Waals surface area contributed by atoms with Gasteiger partial charge in [0.2, 0.25) is 0 Å². The van der Waals surface area contributed by atoms with E-state index in [1.165, 1.54) is 0 Å². The van der Waals surface area contributed by atoms with Crippen LogP contribution in [-0.4, -0.2) is 50.4 Å². The van der Waals surface area contributed by atoms with Gasteiger partial charge in [-0.25, -0.2) is 4.79 Å². The molecular formula is C10H21N3O2. The van der Waals surface area contributed by atoms with Crippen LogP contribution in [0.15, 0.2) is 0 Å². The van der Waals surface area contributed by atoms with Crippen LogP contribution in [0.1, 0.15) is 19.8 Å². The Labute approximate surface area is 91.2 Å². The molecule has 1 fully saturated rings. The summed E-state index contributed by atoms with van der Waals surface area (Å²) in [5.74, 6) is 0. The Morgan fingerprint density at radius 1 is 1.47 bits per heavy atom. The number of nitrogens with one attached hydrogen (secondary N) is 2. The maximum absolute atomic E-state index is 11.2. The molecule has 0 radical (unpaired) electrons. The van der Waals surface area contributed by atoms with Crippen LogP contribution in [0.5, 0.6) is 0 Å². The molecule has 0 aromatic rings. The molecule has 1 amide bonds. The zero-order chi connectivity index (χ0) is 10.9. The monoisotopic (exact) mass is 215 g/mol. The second-order valence-electron chi connectivity index (χ2n) is 3.71. The third-order valence-electron chi connectivity index (χ3n) is 2.39. The van der Waals surface area contributed by atoms with Crippen LogP contribution in [0, 0.1) is 0 Å². The van der Waals surface area contributed by atoms with Crippen LogP contribution in [0.4, 0.5) is 4.79 Å². The van der Waals surface area contributed by atoms with Crippen molar-refractivity contribution in [3.8, 4) is 0 Å². The first kappa shape index (κ1) is 12.3. The quantitative estimate of drug-likeness (QED) is 0.651. The molecular weight excluding hydrogens is 194 g/mol. The van der Waals surface area contributed by atoms with Gasteiger partial charge in [-0.1, -0.05) is 13.3 Å². The summed E-state index contributed by atoms with van der Waals surface area (Å²) in [6, 6.07) is 0. The van der Waals surface area contributed by atoms with Crippen molar-refractivity contribution in [2.75, 3.05) is 39.5 Å². The van der Waals surface area contributed by atoms with Gasteiger partial charge in [-0.15, -0.1) is 0 Å². The molecule has 0 aromatic carbocycles. The SMILES string of the molecule is CCCCNC(=O)OCN1CCNCC1. The Bertz CT molecular complexity index is 182. The van der Waals surface area contributed by atoms with E-state index < -0.39 is 0 Å². The minimum absolute atomic E-state index is 0.304. The molecule has 1 aliphatic heterocycles. The summed E-state index contributed by atoms with van der Waals surface area (Å²) < 4.78 is 5.08. The molecule has 15 heavy (non-hydrogen) atoms. The average Bonchev–Trinajstić information content (AvgIpc) is 2.28. The number of hydrogen-bond acceptors (Lipinski definition) is 4. The molecule has 1 rings (SSSR count). The van der Waals surface area contributed by atoms with Gasteiger partial charge in [0.25, 0.3) is 0 Å². The van der Waals surface area contributed by atoms with Crippen molar-refractivity contribution in [2.24, 2.45) is 0 Å². The number of nitrogens with zero attached hydrogens (tertiary/aromatic N) is 1. The van der Waals surface area contributed by atoms with Crippen LogP contribution in [0.3, 0.4) is 0 Å². The van der Waals surface area contributed by atoms with E-state index in [0.29, 0.717) is 13.3 Å². The fraction of sp³-hybridized carbons (Fsp3) is 0.900. The number of rotatable bonds is 5. The van der Waals surface area contributed by atoms with Gasteiger partial charge >= 0.3 is 6.09 Å². The number of unbranched alkanes of at least 4 members (excludes halogenated alkanes) is 1. The highest BCUT2D eigenvalue weighted by atomic mass is 16.6. The van der Waals surface area contributed by atoms with Crippen LogP contribution in [0.25, 0.3) is 0 Å². The fourth-order valence-corrected chi connectivity index (χ4v) is 1.41. The van der Waals surface area contributed by atoms with Gasteiger partial charge in [0.15, 0.2) is 0 Å². The third kappa shape index (κ3) is 5.59. The van der Waals surface area contributed by atoms with Crippen LogP contribution in [-0.2, 0) is 4.74 Å². The van der Waals surface area contributed by atoms with Crippen LogP contribution < -0.4 is 10.6 Å². The normalized spacial score (nSPS) is 17.4. The molecule has 2 N–H and O–H groups in total. The molecule has 0 atom stereocenters. The lowest BCUT2D eigenvalue weighted by Crippen LogP contribution is -2.45. The molecule has 5 heteroatoms. The van der Waals surface area contributed by atoms with E-state index in [1.54, 1.807) is 0 Å². The molecule has 0 aliphatic carbocycles. The van der Waals surface area contributed by atoms with Crippen molar-refractivity contribution < 1.29 is 9.53 Å². The van der Waals surface area contributed by atoms with Crippen LogP contribution >= 0.6 is 0 Å². The lowest BCUT2D eigenvalue weighted by Gasteiger charge is -2.26. The van der Waals surface area contributed by atoms with Crippen molar-refractivity contribution in [3.05, 3.63) is 0 Å². The fourth-order valence-electron chi connectivity index (χ4n) is 1.41. The molecule has 1 saturated heterocycles. The van der Waals surface area contributed by atoms with E-state index >= 15 is 0 Å². The molecule has 0 bridgehead atoms. The van der Waals surface area contributed by atoms with Gasteiger partial charge in [-0.05, 0) is 6.42 Å². The molecule has 0 unspecified atom stereocenters. The van der Waals surface area contributed by atoms with Gasteiger partial charge in [0, 0.05) is 32.7 Å². The number of amides is 1. The number of ether oxygens (including phenoxy) is 1. The molecule has 1 heterocycles. The van der Waals surface area contributed by atoms with E-state index in [2.05, 4.69) is 22.5 Å². The second kappa shape index (κ2) is 7.48. The lowest BCUT2D eigenvalue weighted by atomic mass is 10.3. The molecule has 5 nitrogen and oxygen atoms in total. The molecule has 88 valence electrons. The van der Waals surface area contributed by atoms with Gasteiger partial charge in [-0.2, -0.15) is 0 Å². The first-order valence-electron chi connectivity index (χ1n) is 5.66. The van der Waals surface area contributed by atoms with Crippen molar-refractivity contribution >= 4 is 6.09 Å². The predicted molar refractivity (Wildman–Crippen MR) is 58.7 cm³/mol. The second-order valence-corrected chi connectivity index (χ2v) is 3.71. The van der Waals surface area contributed by atoms with Crippen molar-refractivity contribution in [3.63, 3.8) is 0 Å². The lowest BCUT2D eigenvalue weighted by molar-refractivity contribution is 0.0619. The van der Waals surface area contributed by atoms with Crippen molar-refractivity contribution in [2.45, 2.75) is 19.8 Å². The Morgan fingerprint density at radius 2 is 2.20 bits per heavy atom. The van der Waals surface area contributed by atoms with Crippen LogP contribution in [0.2, 0.25) is 0 Å². The van der Waals surface area contributed by atoms with E-state index in [9.17, 15) is 4.79 Å². The Hall–Kier alpha value is -0.810. The van der Waals surface area contributed by atoms with E-state index in [0.717, 1.165) is 39.0 Å². The molecule has 0 saturated carbocycles. The molecule has 1 aliphatic rings. The van der Waals surface area contributed by atoms with Gasteiger partial charge < -0.3 is 15.4 Å². The molecule has 0 aromatic heterocycles. The topological polar surface area (TPSA) is 53.6 Å². The maximum atomic E-state index is 11.2. The predicted octanol–water partition coefficient (Wildman–Crippen LogP) is 0.375. The first-order chi connectivity index (χ1) is 7.33. The van der Waals surface area contributed by atoms with Gasteiger partial charge in [-0.3, -0.25) is 4.90 Å². The average molecular weight is 215 g/mol. The number of carbonyl (C=O) groups excluding carboxylic acids is 1. The van der Waals surface area contributed by atoms with E-state index in [-0.39, 0.29) is 6.09 Å². The Kier molecular flexibility index (Phi) is 6.11. The van der Waals surface area contributed by atoms with Gasteiger partial charge in [0.1, 0.15) is 6.73 Å². The highest BCUT2D eigenvalue weighted by molar-refractivity contribution is 5.66. The van der Waals surface area contributed by atoms with E-state index in [1.807, 2.05) is 0 Å². The largest absolute Gasteiger partial charge is 0.433 e. The highest BCUT2D eigenvalue weighted by Crippen LogP contribution is 1.92. The summed E-state index contributed by atoms with van der Waals surface area (Å²) in [6.45, 7) is 7.04. The maximum Gasteiger partial charge on any atom is 0.408 e. The zero-order valence-electron chi connectivity index (χ0n) is 9.42. The first-order valence-corrected chi connectivity index (χ1v) is 5.66. The summed E-state index contributed by atoms with van der Waals surface area (Å²) in [5.41, 5.74) is 0. The number of hydrogen-bond donors (Lipinski definition) is 2. The summed E-state index contributed by atoms with van der Waals surface area (Å²) in [6.07, 6.45) is 1.78. The van der Waals surface area contributed by atoms with Crippen molar-refractivity contribution in [1.29, 1.82) is 0 Å². The number of carbonyl (C=O) groups is 1.